The van der Waals surface area contributed by atoms with Crippen LogP contribution in [0.3, 0.4) is 0 Å². The molecule has 0 aromatic carbocycles. The standard InChI is InChI=1S/C16H34N2/c1-5-10-16(4,12-17)13-18(11-14(2)3)15-8-6-7-9-15/h14-15H,5-13,17H2,1-4H3. The first-order chi connectivity index (χ1) is 8.50. The second kappa shape index (κ2) is 7.49. The highest BCUT2D eigenvalue weighted by Crippen LogP contribution is 2.30. The summed E-state index contributed by atoms with van der Waals surface area (Å²) in [6.45, 7) is 12.6. The van der Waals surface area contributed by atoms with Crippen molar-refractivity contribution in [2.75, 3.05) is 19.6 Å². The quantitative estimate of drug-likeness (QED) is 0.716. The molecule has 1 atom stereocenters. The molecule has 0 amide bonds. The number of nitrogens with two attached hydrogens (primary N) is 1. The summed E-state index contributed by atoms with van der Waals surface area (Å²) < 4.78 is 0. The minimum Gasteiger partial charge on any atom is -0.330 e. The van der Waals surface area contributed by atoms with Crippen molar-refractivity contribution < 1.29 is 0 Å². The van der Waals surface area contributed by atoms with Crippen LogP contribution in [0.15, 0.2) is 0 Å². The van der Waals surface area contributed by atoms with Gasteiger partial charge >= 0.3 is 0 Å². The van der Waals surface area contributed by atoms with Crippen molar-refractivity contribution >= 4 is 0 Å². The molecular formula is C16H34N2. The molecule has 0 aromatic rings. The lowest BCUT2D eigenvalue weighted by Gasteiger charge is -2.39. The summed E-state index contributed by atoms with van der Waals surface area (Å²) in [6.07, 6.45) is 8.15. The fourth-order valence-electron chi connectivity index (χ4n) is 3.42. The van der Waals surface area contributed by atoms with Gasteiger partial charge in [-0.05, 0) is 37.1 Å². The molecule has 1 rings (SSSR count). The number of hydrogen-bond donors (Lipinski definition) is 1. The van der Waals surface area contributed by atoms with E-state index >= 15 is 0 Å². The van der Waals surface area contributed by atoms with Crippen LogP contribution in [0.4, 0.5) is 0 Å². The highest BCUT2D eigenvalue weighted by molar-refractivity contribution is 4.85. The molecule has 0 spiro atoms. The second-order valence-electron chi connectivity index (χ2n) is 7.03. The minimum absolute atomic E-state index is 0.312. The molecule has 1 saturated carbocycles. The van der Waals surface area contributed by atoms with Crippen LogP contribution in [-0.2, 0) is 0 Å². The summed E-state index contributed by atoms with van der Waals surface area (Å²) >= 11 is 0. The number of rotatable bonds is 8. The Kier molecular flexibility index (Phi) is 6.65. The van der Waals surface area contributed by atoms with Gasteiger partial charge in [0.05, 0.1) is 0 Å². The largest absolute Gasteiger partial charge is 0.330 e. The zero-order valence-corrected chi connectivity index (χ0v) is 13.0. The van der Waals surface area contributed by atoms with Crippen molar-refractivity contribution in [1.29, 1.82) is 0 Å². The van der Waals surface area contributed by atoms with Crippen LogP contribution >= 0.6 is 0 Å². The Morgan fingerprint density at radius 1 is 1.28 bits per heavy atom. The molecule has 1 unspecified atom stereocenters. The molecular weight excluding hydrogens is 220 g/mol. The SMILES string of the molecule is CCCC(C)(CN)CN(CC(C)C)C1CCCC1. The average Bonchev–Trinajstić information content (AvgIpc) is 2.81. The molecule has 2 nitrogen and oxygen atoms in total. The Balaban J connectivity index is 2.63. The zero-order valence-electron chi connectivity index (χ0n) is 13.0. The molecule has 0 radical (unpaired) electrons. The van der Waals surface area contributed by atoms with Crippen molar-refractivity contribution in [3.63, 3.8) is 0 Å². The van der Waals surface area contributed by atoms with Crippen LogP contribution in [0.5, 0.6) is 0 Å². The summed E-state index contributed by atoms with van der Waals surface area (Å²) in [7, 11) is 0. The third-order valence-electron chi connectivity index (χ3n) is 4.37. The maximum atomic E-state index is 6.04. The van der Waals surface area contributed by atoms with E-state index in [1.807, 2.05) is 0 Å². The zero-order chi connectivity index (χ0) is 13.6. The summed E-state index contributed by atoms with van der Waals surface area (Å²) in [6, 6.07) is 0.829. The number of hydrogen-bond acceptors (Lipinski definition) is 2. The minimum atomic E-state index is 0.312. The van der Waals surface area contributed by atoms with Crippen molar-refractivity contribution in [2.24, 2.45) is 17.1 Å². The molecule has 0 aliphatic heterocycles. The van der Waals surface area contributed by atoms with E-state index in [0.29, 0.717) is 5.41 Å². The van der Waals surface area contributed by atoms with E-state index in [0.717, 1.165) is 18.5 Å². The molecule has 0 bridgehead atoms. The van der Waals surface area contributed by atoms with Gasteiger partial charge in [-0.1, -0.05) is 47.0 Å². The van der Waals surface area contributed by atoms with Crippen molar-refractivity contribution in [1.82, 2.24) is 4.90 Å². The van der Waals surface area contributed by atoms with Crippen LogP contribution in [0.2, 0.25) is 0 Å². The van der Waals surface area contributed by atoms with E-state index in [9.17, 15) is 0 Å². The van der Waals surface area contributed by atoms with Crippen LogP contribution in [0, 0.1) is 11.3 Å². The summed E-state index contributed by atoms with van der Waals surface area (Å²) in [5, 5.41) is 0. The van der Waals surface area contributed by atoms with E-state index in [1.54, 1.807) is 0 Å². The first kappa shape index (κ1) is 16.0. The Morgan fingerprint density at radius 2 is 1.89 bits per heavy atom. The van der Waals surface area contributed by atoms with Crippen molar-refractivity contribution in [2.45, 2.75) is 72.3 Å². The molecule has 0 saturated heterocycles. The third-order valence-corrected chi connectivity index (χ3v) is 4.37. The molecule has 1 aliphatic rings. The third kappa shape index (κ3) is 4.89. The molecule has 18 heavy (non-hydrogen) atoms. The van der Waals surface area contributed by atoms with Crippen LogP contribution in [0.25, 0.3) is 0 Å². The topological polar surface area (TPSA) is 29.3 Å². The molecule has 108 valence electrons. The second-order valence-corrected chi connectivity index (χ2v) is 7.03. The average molecular weight is 254 g/mol. The van der Waals surface area contributed by atoms with E-state index < -0.39 is 0 Å². The molecule has 0 heterocycles. The Morgan fingerprint density at radius 3 is 2.33 bits per heavy atom. The van der Waals surface area contributed by atoms with Crippen molar-refractivity contribution in [3.8, 4) is 0 Å². The van der Waals surface area contributed by atoms with Gasteiger partial charge in [-0.15, -0.1) is 0 Å². The first-order valence-electron chi connectivity index (χ1n) is 7.95. The van der Waals surface area contributed by atoms with Gasteiger partial charge < -0.3 is 5.73 Å². The van der Waals surface area contributed by atoms with Crippen LogP contribution < -0.4 is 5.73 Å². The normalized spacial score (nSPS) is 20.8. The van der Waals surface area contributed by atoms with Gasteiger partial charge in [0.1, 0.15) is 0 Å². The van der Waals surface area contributed by atoms with Gasteiger partial charge in [0.15, 0.2) is 0 Å². The van der Waals surface area contributed by atoms with Gasteiger partial charge in [0, 0.05) is 19.1 Å². The van der Waals surface area contributed by atoms with Crippen molar-refractivity contribution in [3.05, 3.63) is 0 Å². The maximum Gasteiger partial charge on any atom is 0.00956 e. The monoisotopic (exact) mass is 254 g/mol. The van der Waals surface area contributed by atoms with Gasteiger partial charge in [0.2, 0.25) is 0 Å². The fraction of sp³-hybridized carbons (Fsp3) is 1.00. The van der Waals surface area contributed by atoms with E-state index in [1.165, 1.54) is 51.6 Å². The lowest BCUT2D eigenvalue weighted by atomic mass is 9.84. The van der Waals surface area contributed by atoms with Gasteiger partial charge in [-0.25, -0.2) is 0 Å². The predicted molar refractivity (Wildman–Crippen MR) is 80.7 cm³/mol. The van der Waals surface area contributed by atoms with Gasteiger partial charge in [0.25, 0.3) is 0 Å². The lowest BCUT2D eigenvalue weighted by Crippen LogP contribution is -2.46. The van der Waals surface area contributed by atoms with E-state index in [-0.39, 0.29) is 0 Å². The van der Waals surface area contributed by atoms with Gasteiger partial charge in [-0.2, -0.15) is 0 Å². The summed E-state index contributed by atoms with van der Waals surface area (Å²) in [5.74, 6) is 0.759. The van der Waals surface area contributed by atoms with E-state index in [2.05, 4.69) is 32.6 Å². The maximum absolute atomic E-state index is 6.04. The Hall–Kier alpha value is -0.0800. The Labute approximate surface area is 114 Å². The molecule has 2 N–H and O–H groups in total. The summed E-state index contributed by atoms with van der Waals surface area (Å²) in [5.41, 5.74) is 6.36. The molecule has 1 aliphatic carbocycles. The molecule has 0 aromatic heterocycles. The smallest absolute Gasteiger partial charge is 0.00956 e. The summed E-state index contributed by atoms with van der Waals surface area (Å²) in [4.78, 5) is 2.75. The number of nitrogens with zero attached hydrogens (tertiary/aromatic N) is 1. The van der Waals surface area contributed by atoms with Crippen LogP contribution in [0.1, 0.15) is 66.2 Å². The van der Waals surface area contributed by atoms with Gasteiger partial charge in [-0.3, -0.25) is 4.90 Å². The Bertz CT molecular complexity index is 221. The lowest BCUT2D eigenvalue weighted by molar-refractivity contribution is 0.104. The van der Waals surface area contributed by atoms with E-state index in [4.69, 9.17) is 5.73 Å². The van der Waals surface area contributed by atoms with Crippen LogP contribution in [-0.4, -0.2) is 30.6 Å². The highest BCUT2D eigenvalue weighted by Gasteiger charge is 2.30. The molecule has 2 heteroatoms. The first-order valence-corrected chi connectivity index (χ1v) is 7.95. The highest BCUT2D eigenvalue weighted by atomic mass is 15.2. The fourth-order valence-corrected chi connectivity index (χ4v) is 3.42. The predicted octanol–water partition coefficient (Wildman–Crippen LogP) is 3.65. The molecule has 1 fully saturated rings.